The van der Waals surface area contributed by atoms with E-state index in [9.17, 15) is 4.79 Å². The fraction of sp³-hybridized carbons (Fsp3) is 0.923. The maximum Gasteiger partial charge on any atom is 0.239 e. The number of rotatable bonds is 5. The van der Waals surface area contributed by atoms with E-state index in [4.69, 9.17) is 5.73 Å². The van der Waals surface area contributed by atoms with Crippen LogP contribution in [0, 0.1) is 5.41 Å². The van der Waals surface area contributed by atoms with Crippen LogP contribution in [-0.2, 0) is 4.79 Å². The average molecular weight is 226 g/mol. The molecule has 1 fully saturated rings. The second-order valence-corrected chi connectivity index (χ2v) is 5.51. The van der Waals surface area contributed by atoms with Crippen molar-refractivity contribution in [3.8, 4) is 0 Å². The highest BCUT2D eigenvalue weighted by Crippen LogP contribution is 2.40. The average Bonchev–Trinajstić information content (AvgIpc) is 2.75. The van der Waals surface area contributed by atoms with E-state index < -0.39 is 5.54 Å². The van der Waals surface area contributed by atoms with Gasteiger partial charge in [-0.2, -0.15) is 0 Å². The van der Waals surface area contributed by atoms with Gasteiger partial charge >= 0.3 is 0 Å². The highest BCUT2D eigenvalue weighted by molar-refractivity contribution is 5.85. The van der Waals surface area contributed by atoms with Crippen LogP contribution in [0.1, 0.15) is 59.3 Å². The van der Waals surface area contributed by atoms with E-state index in [1.54, 1.807) is 6.92 Å². The van der Waals surface area contributed by atoms with Crippen LogP contribution in [0.4, 0.5) is 0 Å². The third-order valence-electron chi connectivity index (χ3n) is 4.29. The van der Waals surface area contributed by atoms with Gasteiger partial charge in [-0.3, -0.25) is 4.79 Å². The summed E-state index contributed by atoms with van der Waals surface area (Å²) in [7, 11) is 0. The SMILES string of the molecule is CCC1(CNC(=O)C(C)(N)CC)CCCC1. The van der Waals surface area contributed by atoms with E-state index in [0.717, 1.165) is 13.0 Å². The van der Waals surface area contributed by atoms with Gasteiger partial charge in [-0.05, 0) is 38.0 Å². The molecule has 0 aliphatic heterocycles. The first kappa shape index (κ1) is 13.5. The number of nitrogens with one attached hydrogen (secondary N) is 1. The van der Waals surface area contributed by atoms with Crippen molar-refractivity contribution >= 4 is 5.91 Å². The molecule has 3 heteroatoms. The number of amides is 1. The molecule has 1 saturated carbocycles. The van der Waals surface area contributed by atoms with Gasteiger partial charge in [0.15, 0.2) is 0 Å². The summed E-state index contributed by atoms with van der Waals surface area (Å²) < 4.78 is 0. The molecular weight excluding hydrogens is 200 g/mol. The lowest BCUT2D eigenvalue weighted by Gasteiger charge is -2.30. The Bertz CT molecular complexity index is 242. The summed E-state index contributed by atoms with van der Waals surface area (Å²) >= 11 is 0. The molecule has 0 radical (unpaired) electrons. The van der Waals surface area contributed by atoms with Gasteiger partial charge < -0.3 is 11.1 Å². The summed E-state index contributed by atoms with van der Waals surface area (Å²) in [6.45, 7) is 6.77. The van der Waals surface area contributed by atoms with Crippen molar-refractivity contribution in [3.63, 3.8) is 0 Å². The van der Waals surface area contributed by atoms with Crippen LogP contribution in [0.3, 0.4) is 0 Å². The Morgan fingerprint density at radius 3 is 2.38 bits per heavy atom. The molecule has 94 valence electrons. The second-order valence-electron chi connectivity index (χ2n) is 5.51. The topological polar surface area (TPSA) is 55.1 Å². The second kappa shape index (κ2) is 5.17. The maximum absolute atomic E-state index is 11.9. The third kappa shape index (κ3) is 2.97. The quantitative estimate of drug-likeness (QED) is 0.755. The Morgan fingerprint density at radius 2 is 1.94 bits per heavy atom. The molecule has 0 aromatic carbocycles. The standard InChI is InChI=1S/C13H26N2O/c1-4-12(3,14)11(16)15-10-13(5-2)8-6-7-9-13/h4-10,14H2,1-3H3,(H,15,16). The van der Waals surface area contributed by atoms with Gasteiger partial charge in [-0.25, -0.2) is 0 Å². The molecule has 0 heterocycles. The molecule has 0 bridgehead atoms. The van der Waals surface area contributed by atoms with Gasteiger partial charge in [0.2, 0.25) is 5.91 Å². The van der Waals surface area contributed by atoms with E-state index >= 15 is 0 Å². The largest absolute Gasteiger partial charge is 0.354 e. The highest BCUT2D eigenvalue weighted by atomic mass is 16.2. The molecule has 0 spiro atoms. The summed E-state index contributed by atoms with van der Waals surface area (Å²) in [5.41, 5.74) is 5.55. The minimum Gasteiger partial charge on any atom is -0.354 e. The molecule has 1 atom stereocenters. The first-order chi connectivity index (χ1) is 7.46. The molecular formula is C13H26N2O. The van der Waals surface area contributed by atoms with E-state index in [1.165, 1.54) is 25.7 Å². The number of nitrogens with two attached hydrogens (primary N) is 1. The van der Waals surface area contributed by atoms with Gasteiger partial charge in [-0.1, -0.05) is 26.7 Å². The van der Waals surface area contributed by atoms with Crippen molar-refractivity contribution < 1.29 is 4.79 Å². The summed E-state index contributed by atoms with van der Waals surface area (Å²) in [6.07, 6.45) is 6.93. The van der Waals surface area contributed by atoms with Crippen LogP contribution in [-0.4, -0.2) is 18.0 Å². The predicted octanol–water partition coefficient (Wildman–Crippen LogP) is 2.20. The number of hydrogen-bond donors (Lipinski definition) is 2. The van der Waals surface area contributed by atoms with Crippen molar-refractivity contribution in [1.82, 2.24) is 5.32 Å². The monoisotopic (exact) mass is 226 g/mol. The molecule has 1 rings (SSSR count). The normalized spacial score (nSPS) is 22.8. The first-order valence-corrected chi connectivity index (χ1v) is 6.53. The van der Waals surface area contributed by atoms with E-state index in [0.29, 0.717) is 11.8 Å². The Morgan fingerprint density at radius 1 is 1.38 bits per heavy atom. The molecule has 1 aliphatic rings. The zero-order valence-electron chi connectivity index (χ0n) is 10.9. The summed E-state index contributed by atoms with van der Waals surface area (Å²) in [6, 6.07) is 0. The molecule has 0 saturated heterocycles. The Balaban J connectivity index is 2.47. The van der Waals surface area contributed by atoms with Crippen molar-refractivity contribution in [2.45, 2.75) is 64.8 Å². The third-order valence-corrected chi connectivity index (χ3v) is 4.29. The highest BCUT2D eigenvalue weighted by Gasteiger charge is 2.34. The Kier molecular flexibility index (Phi) is 4.36. The van der Waals surface area contributed by atoms with Crippen LogP contribution < -0.4 is 11.1 Å². The van der Waals surface area contributed by atoms with E-state index in [1.807, 2.05) is 6.92 Å². The zero-order chi connectivity index (χ0) is 12.2. The lowest BCUT2D eigenvalue weighted by molar-refractivity contribution is -0.126. The van der Waals surface area contributed by atoms with Gasteiger partial charge in [-0.15, -0.1) is 0 Å². The fourth-order valence-corrected chi connectivity index (χ4v) is 2.41. The minimum absolute atomic E-state index is 0.00488. The predicted molar refractivity (Wildman–Crippen MR) is 67.1 cm³/mol. The van der Waals surface area contributed by atoms with Crippen LogP contribution in [0.5, 0.6) is 0 Å². The van der Waals surface area contributed by atoms with Crippen LogP contribution in [0.15, 0.2) is 0 Å². The first-order valence-electron chi connectivity index (χ1n) is 6.53. The Hall–Kier alpha value is -0.570. The number of hydrogen-bond acceptors (Lipinski definition) is 2. The maximum atomic E-state index is 11.9. The van der Waals surface area contributed by atoms with Crippen molar-refractivity contribution in [1.29, 1.82) is 0 Å². The zero-order valence-corrected chi connectivity index (χ0v) is 10.9. The van der Waals surface area contributed by atoms with E-state index in [2.05, 4.69) is 12.2 Å². The smallest absolute Gasteiger partial charge is 0.239 e. The summed E-state index contributed by atoms with van der Waals surface area (Å²) in [5.74, 6) is -0.00488. The van der Waals surface area contributed by atoms with Crippen LogP contribution in [0.2, 0.25) is 0 Å². The molecule has 1 unspecified atom stereocenters. The number of carbonyl (C=O) groups excluding carboxylic acids is 1. The Labute approximate surface area is 99.2 Å². The molecule has 3 N–H and O–H groups in total. The molecule has 0 aromatic rings. The molecule has 16 heavy (non-hydrogen) atoms. The summed E-state index contributed by atoms with van der Waals surface area (Å²) in [5, 5.41) is 3.04. The van der Waals surface area contributed by atoms with Crippen LogP contribution in [0.25, 0.3) is 0 Å². The lowest BCUT2D eigenvalue weighted by Crippen LogP contribution is -2.53. The molecule has 1 amide bonds. The van der Waals surface area contributed by atoms with Gasteiger partial charge in [0, 0.05) is 6.54 Å². The minimum atomic E-state index is -0.715. The van der Waals surface area contributed by atoms with E-state index in [-0.39, 0.29) is 5.91 Å². The van der Waals surface area contributed by atoms with Crippen LogP contribution >= 0.6 is 0 Å². The number of carbonyl (C=O) groups is 1. The fourth-order valence-electron chi connectivity index (χ4n) is 2.41. The van der Waals surface area contributed by atoms with Gasteiger partial charge in [0.1, 0.15) is 0 Å². The van der Waals surface area contributed by atoms with Gasteiger partial charge in [0.05, 0.1) is 5.54 Å². The molecule has 0 aromatic heterocycles. The van der Waals surface area contributed by atoms with Crippen molar-refractivity contribution in [2.24, 2.45) is 11.1 Å². The molecule has 1 aliphatic carbocycles. The van der Waals surface area contributed by atoms with Gasteiger partial charge in [0.25, 0.3) is 0 Å². The van der Waals surface area contributed by atoms with Crippen molar-refractivity contribution in [3.05, 3.63) is 0 Å². The van der Waals surface area contributed by atoms with Crippen molar-refractivity contribution in [2.75, 3.05) is 6.54 Å². The molecule has 3 nitrogen and oxygen atoms in total. The summed E-state index contributed by atoms with van der Waals surface area (Å²) in [4.78, 5) is 11.9. The lowest BCUT2D eigenvalue weighted by atomic mass is 9.83.